The molecule has 0 saturated heterocycles. The van der Waals surface area contributed by atoms with Crippen LogP contribution in [0.3, 0.4) is 0 Å². The molecule has 0 atom stereocenters. The number of hydrogen-bond donors (Lipinski definition) is 1. The van der Waals surface area contributed by atoms with E-state index in [-0.39, 0.29) is 0 Å². The van der Waals surface area contributed by atoms with Crippen LogP contribution in [-0.4, -0.2) is 4.98 Å². The predicted octanol–water partition coefficient (Wildman–Crippen LogP) is 2.31. The molecule has 0 spiro atoms. The molecule has 0 aliphatic heterocycles. The van der Waals surface area contributed by atoms with Crippen LogP contribution >= 0.6 is 0 Å². The van der Waals surface area contributed by atoms with Crippen molar-refractivity contribution in [2.45, 2.75) is 33.1 Å². The van der Waals surface area contributed by atoms with Gasteiger partial charge in [0.2, 0.25) is 0 Å². The highest BCUT2D eigenvalue weighted by atomic mass is 14.7. The van der Waals surface area contributed by atoms with E-state index >= 15 is 0 Å². The van der Waals surface area contributed by atoms with Gasteiger partial charge in [0.05, 0.1) is 0 Å². The molecule has 0 radical (unpaired) electrons. The fraction of sp³-hybridized carbons (Fsp3) is 0.500. The number of rotatable bonds is 3. The Morgan fingerprint density at radius 3 is 2.83 bits per heavy atom. The van der Waals surface area contributed by atoms with Gasteiger partial charge in [-0.1, -0.05) is 13.3 Å². The van der Waals surface area contributed by atoms with E-state index in [4.69, 9.17) is 5.73 Å². The lowest BCUT2D eigenvalue weighted by molar-refractivity contribution is 0.776. The zero-order valence-corrected chi connectivity index (χ0v) is 7.80. The molecule has 0 fully saturated rings. The van der Waals surface area contributed by atoms with Crippen LogP contribution < -0.4 is 5.73 Å². The standard InChI is InChI=1S/C10H16N2/c1-3-4-5-9-6-10(11)8(2)7-12-9/h6-7H,3-5H2,1-2H3,(H2,11,12). The molecular weight excluding hydrogens is 148 g/mol. The molecule has 0 aliphatic rings. The van der Waals surface area contributed by atoms with Gasteiger partial charge in [0.15, 0.2) is 0 Å². The molecule has 2 N–H and O–H groups in total. The Labute approximate surface area is 73.8 Å². The van der Waals surface area contributed by atoms with Gasteiger partial charge < -0.3 is 5.73 Å². The molecule has 66 valence electrons. The second-order valence-corrected chi connectivity index (χ2v) is 3.14. The van der Waals surface area contributed by atoms with Crippen molar-refractivity contribution in [2.24, 2.45) is 0 Å². The summed E-state index contributed by atoms with van der Waals surface area (Å²) >= 11 is 0. The number of nitrogens with two attached hydrogens (primary N) is 1. The van der Waals surface area contributed by atoms with Crippen LogP contribution in [0.4, 0.5) is 5.69 Å². The lowest BCUT2D eigenvalue weighted by Gasteiger charge is -2.02. The minimum Gasteiger partial charge on any atom is -0.398 e. The Morgan fingerprint density at radius 1 is 1.50 bits per heavy atom. The highest BCUT2D eigenvalue weighted by Gasteiger charge is 1.97. The summed E-state index contributed by atoms with van der Waals surface area (Å²) in [5.41, 5.74) is 8.79. The van der Waals surface area contributed by atoms with E-state index in [1.807, 2.05) is 19.2 Å². The van der Waals surface area contributed by atoms with Crippen LogP contribution in [0.25, 0.3) is 0 Å². The monoisotopic (exact) mass is 164 g/mol. The van der Waals surface area contributed by atoms with Crippen LogP contribution in [0.15, 0.2) is 12.3 Å². The molecule has 0 unspecified atom stereocenters. The third kappa shape index (κ3) is 2.22. The van der Waals surface area contributed by atoms with Gasteiger partial charge in [0.1, 0.15) is 0 Å². The average molecular weight is 164 g/mol. The van der Waals surface area contributed by atoms with Gasteiger partial charge in [-0.3, -0.25) is 4.98 Å². The lowest BCUT2D eigenvalue weighted by atomic mass is 10.1. The lowest BCUT2D eigenvalue weighted by Crippen LogP contribution is -1.95. The molecule has 0 amide bonds. The number of aryl methyl sites for hydroxylation is 2. The number of unbranched alkanes of at least 4 members (excludes halogenated alkanes) is 1. The first-order chi connectivity index (χ1) is 5.74. The van der Waals surface area contributed by atoms with Crippen LogP contribution in [0.2, 0.25) is 0 Å². The fourth-order valence-corrected chi connectivity index (χ4v) is 1.08. The van der Waals surface area contributed by atoms with Crippen molar-refractivity contribution < 1.29 is 0 Å². The van der Waals surface area contributed by atoms with Crippen LogP contribution in [0.1, 0.15) is 31.0 Å². The van der Waals surface area contributed by atoms with Gasteiger partial charge in [-0.05, 0) is 31.4 Å². The zero-order chi connectivity index (χ0) is 8.97. The summed E-state index contributed by atoms with van der Waals surface area (Å²) in [6, 6.07) is 1.98. The Kier molecular flexibility index (Phi) is 3.09. The molecule has 0 bridgehead atoms. The van der Waals surface area contributed by atoms with E-state index in [1.54, 1.807) is 0 Å². The van der Waals surface area contributed by atoms with E-state index in [0.717, 1.165) is 23.4 Å². The van der Waals surface area contributed by atoms with Crippen LogP contribution in [-0.2, 0) is 6.42 Å². The summed E-state index contributed by atoms with van der Waals surface area (Å²) in [5, 5.41) is 0. The highest BCUT2D eigenvalue weighted by Crippen LogP contribution is 2.11. The van der Waals surface area contributed by atoms with Crippen molar-refractivity contribution in [3.63, 3.8) is 0 Å². The topological polar surface area (TPSA) is 38.9 Å². The number of nitrogens with zero attached hydrogens (tertiary/aromatic N) is 1. The quantitative estimate of drug-likeness (QED) is 0.744. The van der Waals surface area contributed by atoms with Gasteiger partial charge in [-0.15, -0.1) is 0 Å². The molecule has 1 rings (SSSR count). The molecule has 1 aromatic heterocycles. The average Bonchev–Trinajstić information content (AvgIpc) is 2.07. The van der Waals surface area contributed by atoms with E-state index in [1.165, 1.54) is 12.8 Å². The highest BCUT2D eigenvalue weighted by molar-refractivity contribution is 5.45. The second kappa shape index (κ2) is 4.10. The number of hydrogen-bond acceptors (Lipinski definition) is 2. The minimum absolute atomic E-state index is 0.858. The number of nitrogen functional groups attached to an aromatic ring is 1. The van der Waals surface area contributed by atoms with Crippen molar-refractivity contribution in [1.29, 1.82) is 0 Å². The van der Waals surface area contributed by atoms with Gasteiger partial charge in [0.25, 0.3) is 0 Å². The summed E-state index contributed by atoms with van der Waals surface area (Å²) in [5.74, 6) is 0. The first kappa shape index (κ1) is 9.04. The number of aromatic nitrogens is 1. The Balaban J connectivity index is 2.69. The molecule has 2 nitrogen and oxygen atoms in total. The summed E-state index contributed by atoms with van der Waals surface area (Å²) in [6.07, 6.45) is 5.28. The summed E-state index contributed by atoms with van der Waals surface area (Å²) in [7, 11) is 0. The summed E-state index contributed by atoms with van der Waals surface area (Å²) in [6.45, 7) is 4.16. The van der Waals surface area contributed by atoms with Gasteiger partial charge >= 0.3 is 0 Å². The molecule has 1 aromatic rings. The maximum atomic E-state index is 5.75. The summed E-state index contributed by atoms with van der Waals surface area (Å²) in [4.78, 5) is 4.30. The number of anilines is 1. The largest absolute Gasteiger partial charge is 0.398 e. The summed E-state index contributed by atoms with van der Waals surface area (Å²) < 4.78 is 0. The maximum Gasteiger partial charge on any atom is 0.0424 e. The molecule has 12 heavy (non-hydrogen) atoms. The van der Waals surface area contributed by atoms with Gasteiger partial charge in [0, 0.05) is 17.6 Å². The SMILES string of the molecule is CCCCc1cc(N)c(C)cn1. The molecule has 0 aromatic carbocycles. The van der Waals surface area contributed by atoms with Crippen LogP contribution in [0.5, 0.6) is 0 Å². The first-order valence-electron chi connectivity index (χ1n) is 4.45. The minimum atomic E-state index is 0.858. The molecule has 1 heterocycles. The fourth-order valence-electron chi connectivity index (χ4n) is 1.08. The van der Waals surface area contributed by atoms with Crippen LogP contribution in [0, 0.1) is 6.92 Å². The third-order valence-corrected chi connectivity index (χ3v) is 1.99. The first-order valence-corrected chi connectivity index (χ1v) is 4.45. The second-order valence-electron chi connectivity index (χ2n) is 3.14. The molecular formula is C10H16N2. The van der Waals surface area contributed by atoms with Crippen molar-refractivity contribution in [2.75, 3.05) is 5.73 Å². The number of pyridine rings is 1. The van der Waals surface area contributed by atoms with Crippen molar-refractivity contribution >= 4 is 5.69 Å². The Bertz CT molecular complexity index is 256. The Hall–Kier alpha value is -1.05. The van der Waals surface area contributed by atoms with Gasteiger partial charge in [-0.25, -0.2) is 0 Å². The normalized spacial score (nSPS) is 10.2. The van der Waals surface area contributed by atoms with Crippen molar-refractivity contribution in [3.05, 3.63) is 23.5 Å². The third-order valence-electron chi connectivity index (χ3n) is 1.99. The van der Waals surface area contributed by atoms with E-state index < -0.39 is 0 Å². The molecule has 2 heteroatoms. The van der Waals surface area contributed by atoms with Gasteiger partial charge in [-0.2, -0.15) is 0 Å². The predicted molar refractivity (Wildman–Crippen MR) is 52.0 cm³/mol. The Morgan fingerprint density at radius 2 is 2.25 bits per heavy atom. The molecule has 0 saturated carbocycles. The van der Waals surface area contributed by atoms with Crippen molar-refractivity contribution in [3.8, 4) is 0 Å². The smallest absolute Gasteiger partial charge is 0.0424 e. The zero-order valence-electron chi connectivity index (χ0n) is 7.80. The molecule has 0 aliphatic carbocycles. The van der Waals surface area contributed by atoms with Crippen molar-refractivity contribution in [1.82, 2.24) is 4.98 Å². The van der Waals surface area contributed by atoms with E-state index in [0.29, 0.717) is 0 Å². The van der Waals surface area contributed by atoms with E-state index in [9.17, 15) is 0 Å². The maximum absolute atomic E-state index is 5.75. The van der Waals surface area contributed by atoms with E-state index in [2.05, 4.69) is 11.9 Å².